The fourth-order valence-electron chi connectivity index (χ4n) is 2.79. The Kier molecular flexibility index (Phi) is 5.64. The van der Waals surface area contributed by atoms with Gasteiger partial charge in [0.05, 0.1) is 0 Å². The van der Waals surface area contributed by atoms with Crippen molar-refractivity contribution in [2.45, 2.75) is 52.0 Å². The molecule has 1 aliphatic heterocycles. The molecule has 0 aliphatic carbocycles. The number of nitrogens with one attached hydrogen (secondary N) is 1. The van der Waals surface area contributed by atoms with Gasteiger partial charge in [0, 0.05) is 18.8 Å². The molecule has 2 heterocycles. The van der Waals surface area contributed by atoms with Crippen LogP contribution in [0.5, 0.6) is 0 Å². The van der Waals surface area contributed by atoms with Crippen LogP contribution in [0, 0.1) is 0 Å². The lowest BCUT2D eigenvalue weighted by Crippen LogP contribution is -2.24. The first-order chi connectivity index (χ1) is 9.35. The molecule has 19 heavy (non-hydrogen) atoms. The molecule has 3 nitrogen and oxygen atoms in total. The Morgan fingerprint density at radius 1 is 1.32 bits per heavy atom. The molecule has 1 N–H and O–H groups in total. The highest BCUT2D eigenvalue weighted by Crippen LogP contribution is 2.31. The molecule has 1 atom stereocenters. The molecule has 1 aromatic rings. The first kappa shape index (κ1) is 14.3. The van der Waals surface area contributed by atoms with Crippen molar-refractivity contribution in [1.82, 2.24) is 9.88 Å². The Balaban J connectivity index is 1.96. The van der Waals surface area contributed by atoms with Gasteiger partial charge in [-0.3, -0.25) is 4.90 Å². The summed E-state index contributed by atoms with van der Waals surface area (Å²) >= 11 is 0. The lowest BCUT2D eigenvalue weighted by molar-refractivity contribution is 0.253. The largest absolute Gasteiger partial charge is 0.370 e. The van der Waals surface area contributed by atoms with E-state index in [1.165, 1.54) is 44.3 Å². The molecular formula is C16H27N3. The second-order valence-electron chi connectivity index (χ2n) is 5.45. The average Bonchev–Trinajstić information content (AvgIpc) is 2.92. The standard InChI is InChI=1S/C16H27N3/c1-3-5-11-19-12-6-7-15(19)14-8-9-16(18-13-14)17-10-4-2/h8-9,13,15H,3-7,10-12H2,1-2H3,(H,17,18). The number of unbranched alkanes of at least 4 members (excludes halogenated alkanes) is 1. The Morgan fingerprint density at radius 3 is 2.89 bits per heavy atom. The first-order valence-electron chi connectivity index (χ1n) is 7.79. The topological polar surface area (TPSA) is 28.2 Å². The van der Waals surface area contributed by atoms with E-state index in [1.807, 2.05) is 0 Å². The van der Waals surface area contributed by atoms with Crippen molar-refractivity contribution in [1.29, 1.82) is 0 Å². The van der Waals surface area contributed by atoms with Crippen LogP contribution in [0.1, 0.15) is 57.6 Å². The Bertz CT molecular complexity index is 361. The van der Waals surface area contributed by atoms with Crippen molar-refractivity contribution in [2.75, 3.05) is 25.0 Å². The molecule has 1 aliphatic rings. The van der Waals surface area contributed by atoms with E-state index in [0.717, 1.165) is 18.8 Å². The maximum atomic E-state index is 4.54. The van der Waals surface area contributed by atoms with E-state index in [2.05, 4.69) is 47.4 Å². The van der Waals surface area contributed by atoms with Gasteiger partial charge in [0.1, 0.15) is 5.82 Å². The Labute approximate surface area is 117 Å². The SMILES string of the molecule is CCCCN1CCCC1c1ccc(NCCC)nc1. The third-order valence-electron chi connectivity index (χ3n) is 3.89. The maximum Gasteiger partial charge on any atom is 0.125 e. The minimum absolute atomic E-state index is 0.597. The summed E-state index contributed by atoms with van der Waals surface area (Å²) in [6.45, 7) is 7.92. The first-order valence-corrected chi connectivity index (χ1v) is 7.79. The summed E-state index contributed by atoms with van der Waals surface area (Å²) in [6, 6.07) is 4.97. The summed E-state index contributed by atoms with van der Waals surface area (Å²) < 4.78 is 0. The van der Waals surface area contributed by atoms with Gasteiger partial charge in [0.2, 0.25) is 0 Å². The molecule has 1 fully saturated rings. The van der Waals surface area contributed by atoms with E-state index in [-0.39, 0.29) is 0 Å². The molecule has 1 unspecified atom stereocenters. The third kappa shape index (κ3) is 3.93. The average molecular weight is 261 g/mol. The molecule has 0 aromatic carbocycles. The van der Waals surface area contributed by atoms with E-state index < -0.39 is 0 Å². The van der Waals surface area contributed by atoms with Crippen LogP contribution in [0.2, 0.25) is 0 Å². The van der Waals surface area contributed by atoms with Crippen LogP contribution in [0.15, 0.2) is 18.3 Å². The number of hydrogen-bond acceptors (Lipinski definition) is 3. The molecule has 0 radical (unpaired) electrons. The lowest BCUT2D eigenvalue weighted by Gasteiger charge is -2.24. The molecule has 1 aromatic heterocycles. The number of likely N-dealkylation sites (tertiary alicyclic amines) is 1. The van der Waals surface area contributed by atoms with Crippen LogP contribution in [0.4, 0.5) is 5.82 Å². The highest BCUT2D eigenvalue weighted by molar-refractivity contribution is 5.36. The van der Waals surface area contributed by atoms with Crippen molar-refractivity contribution in [3.05, 3.63) is 23.9 Å². The van der Waals surface area contributed by atoms with E-state index in [9.17, 15) is 0 Å². The molecule has 0 bridgehead atoms. The van der Waals surface area contributed by atoms with Crippen LogP contribution in [0.25, 0.3) is 0 Å². The van der Waals surface area contributed by atoms with Gasteiger partial charge in [-0.15, -0.1) is 0 Å². The van der Waals surface area contributed by atoms with E-state index in [0.29, 0.717) is 6.04 Å². The predicted molar refractivity (Wildman–Crippen MR) is 81.5 cm³/mol. The van der Waals surface area contributed by atoms with Crippen molar-refractivity contribution < 1.29 is 0 Å². The second-order valence-corrected chi connectivity index (χ2v) is 5.45. The summed E-state index contributed by atoms with van der Waals surface area (Å²) in [5, 5.41) is 3.33. The maximum absolute atomic E-state index is 4.54. The predicted octanol–water partition coefficient (Wildman–Crippen LogP) is 3.84. The van der Waals surface area contributed by atoms with Gasteiger partial charge in [-0.2, -0.15) is 0 Å². The number of anilines is 1. The van der Waals surface area contributed by atoms with Crippen molar-refractivity contribution in [3.8, 4) is 0 Å². The minimum Gasteiger partial charge on any atom is -0.370 e. The smallest absolute Gasteiger partial charge is 0.125 e. The third-order valence-corrected chi connectivity index (χ3v) is 3.89. The summed E-state index contributed by atoms with van der Waals surface area (Å²) in [7, 11) is 0. The van der Waals surface area contributed by atoms with Gasteiger partial charge in [-0.1, -0.05) is 26.3 Å². The summed E-state index contributed by atoms with van der Waals surface area (Å²) in [5.41, 5.74) is 1.38. The van der Waals surface area contributed by atoms with Crippen molar-refractivity contribution in [3.63, 3.8) is 0 Å². The van der Waals surface area contributed by atoms with Crippen LogP contribution in [-0.4, -0.2) is 29.5 Å². The fraction of sp³-hybridized carbons (Fsp3) is 0.688. The van der Waals surface area contributed by atoms with Gasteiger partial charge in [0.15, 0.2) is 0 Å². The number of rotatable bonds is 7. The highest BCUT2D eigenvalue weighted by atomic mass is 15.2. The van der Waals surface area contributed by atoms with Crippen LogP contribution >= 0.6 is 0 Å². The second kappa shape index (κ2) is 7.49. The quantitative estimate of drug-likeness (QED) is 0.808. The monoisotopic (exact) mass is 261 g/mol. The number of pyridine rings is 1. The van der Waals surface area contributed by atoms with Gasteiger partial charge in [0.25, 0.3) is 0 Å². The van der Waals surface area contributed by atoms with Crippen molar-refractivity contribution >= 4 is 5.82 Å². The Morgan fingerprint density at radius 2 is 2.21 bits per heavy atom. The van der Waals surface area contributed by atoms with Crippen molar-refractivity contribution in [2.24, 2.45) is 0 Å². The molecular weight excluding hydrogens is 234 g/mol. The van der Waals surface area contributed by atoms with Gasteiger partial charge in [-0.05, 0) is 50.4 Å². The molecule has 0 spiro atoms. The fourth-order valence-corrected chi connectivity index (χ4v) is 2.79. The minimum atomic E-state index is 0.597. The summed E-state index contributed by atoms with van der Waals surface area (Å²) in [5.74, 6) is 1.00. The van der Waals surface area contributed by atoms with E-state index in [4.69, 9.17) is 0 Å². The zero-order chi connectivity index (χ0) is 13.5. The van der Waals surface area contributed by atoms with Crippen LogP contribution < -0.4 is 5.32 Å². The molecule has 0 amide bonds. The molecule has 2 rings (SSSR count). The number of aromatic nitrogens is 1. The summed E-state index contributed by atoms with van der Waals surface area (Å²) in [6.07, 6.45) is 8.39. The zero-order valence-corrected chi connectivity index (χ0v) is 12.4. The number of nitrogens with zero attached hydrogens (tertiary/aromatic N) is 2. The van der Waals surface area contributed by atoms with Gasteiger partial charge >= 0.3 is 0 Å². The zero-order valence-electron chi connectivity index (χ0n) is 12.4. The van der Waals surface area contributed by atoms with E-state index in [1.54, 1.807) is 0 Å². The molecule has 1 saturated heterocycles. The Hall–Kier alpha value is -1.09. The molecule has 3 heteroatoms. The van der Waals surface area contributed by atoms with Gasteiger partial charge < -0.3 is 5.32 Å². The highest BCUT2D eigenvalue weighted by Gasteiger charge is 2.25. The van der Waals surface area contributed by atoms with Gasteiger partial charge in [-0.25, -0.2) is 4.98 Å². The lowest BCUT2D eigenvalue weighted by atomic mass is 10.1. The summed E-state index contributed by atoms with van der Waals surface area (Å²) in [4.78, 5) is 7.16. The molecule has 0 saturated carbocycles. The molecule has 106 valence electrons. The van der Waals surface area contributed by atoms with E-state index >= 15 is 0 Å². The number of hydrogen-bond donors (Lipinski definition) is 1. The van der Waals surface area contributed by atoms with Crippen LogP contribution in [0.3, 0.4) is 0 Å². The normalized spacial score (nSPS) is 19.8. The van der Waals surface area contributed by atoms with Crippen LogP contribution in [-0.2, 0) is 0 Å².